The molecule has 0 aromatic carbocycles. The van der Waals surface area contributed by atoms with Crippen LogP contribution >= 0.6 is 10.7 Å². The lowest BCUT2D eigenvalue weighted by molar-refractivity contribution is 0.142. The topological polar surface area (TPSA) is 56.3 Å². The molecule has 15 heavy (non-hydrogen) atoms. The first-order chi connectivity index (χ1) is 6.88. The second-order valence-electron chi connectivity index (χ2n) is 2.47. The maximum atomic E-state index is 12.6. The number of hydrogen-bond acceptors (Lipinski definition) is 4. The number of nitrogens with zero attached hydrogens (tertiary/aromatic N) is 1. The van der Waals surface area contributed by atoms with E-state index in [2.05, 4.69) is 9.72 Å². The van der Waals surface area contributed by atoms with Crippen molar-refractivity contribution < 1.29 is 21.9 Å². The van der Waals surface area contributed by atoms with E-state index in [1.807, 2.05) is 0 Å². The molecule has 1 heterocycles. The molecule has 4 nitrogen and oxygen atoms in total. The van der Waals surface area contributed by atoms with Gasteiger partial charge in [-0.2, -0.15) is 0 Å². The summed E-state index contributed by atoms with van der Waals surface area (Å²) in [5, 5.41) is -0.876. The molecule has 0 aliphatic heterocycles. The van der Waals surface area contributed by atoms with Crippen molar-refractivity contribution in [3.8, 4) is 5.75 Å². The summed E-state index contributed by atoms with van der Waals surface area (Å²) in [7, 11) is 1.79. The molecule has 0 amide bonds. The molecule has 0 bridgehead atoms. The maximum absolute atomic E-state index is 12.6. The first kappa shape index (κ1) is 12.1. The molecule has 1 aromatic rings. The van der Waals surface area contributed by atoms with Gasteiger partial charge >= 0.3 is 0 Å². The fraction of sp³-hybridized carbons (Fsp3) is 0.286. The second-order valence-corrected chi connectivity index (χ2v) is 4.95. The third-order valence-electron chi connectivity index (χ3n) is 1.58. The zero-order valence-electron chi connectivity index (χ0n) is 7.45. The van der Waals surface area contributed by atoms with E-state index in [-0.39, 0.29) is 5.75 Å². The van der Waals surface area contributed by atoms with Crippen LogP contribution in [0.2, 0.25) is 0 Å². The van der Waals surface area contributed by atoms with Crippen LogP contribution in [0.1, 0.15) is 12.0 Å². The number of aromatic nitrogens is 1. The first-order valence-electron chi connectivity index (χ1n) is 3.63. The molecule has 0 fully saturated rings. The van der Waals surface area contributed by atoms with E-state index < -0.39 is 26.1 Å². The van der Waals surface area contributed by atoms with Crippen LogP contribution in [0.25, 0.3) is 0 Å². The average molecular weight is 258 g/mol. The Labute approximate surface area is 89.3 Å². The summed E-state index contributed by atoms with van der Waals surface area (Å²) < 4.78 is 51.6. The van der Waals surface area contributed by atoms with E-state index >= 15 is 0 Å². The first-order valence-corrected chi connectivity index (χ1v) is 5.94. The van der Waals surface area contributed by atoms with E-state index in [1.165, 1.54) is 0 Å². The van der Waals surface area contributed by atoms with Crippen molar-refractivity contribution in [2.24, 2.45) is 0 Å². The number of hydrogen-bond donors (Lipinski definition) is 0. The summed E-state index contributed by atoms with van der Waals surface area (Å²) in [6.45, 7) is 0. The molecular formula is C7H6ClF2NO3S. The highest BCUT2D eigenvalue weighted by Crippen LogP contribution is 2.34. The van der Waals surface area contributed by atoms with E-state index in [9.17, 15) is 17.2 Å². The van der Waals surface area contributed by atoms with Crippen LogP contribution in [-0.2, 0) is 9.05 Å². The largest absolute Gasteiger partial charge is 0.496 e. The van der Waals surface area contributed by atoms with E-state index in [0.29, 0.717) is 0 Å². The Morgan fingerprint density at radius 3 is 2.53 bits per heavy atom. The molecule has 0 saturated heterocycles. The standard InChI is InChI=1S/C7H6ClF2NO3S/c1-14-4-2-3-11-7(15(8,12)13)5(4)6(9)10/h2-3,6H,1H3. The molecule has 1 rings (SSSR count). The minimum absolute atomic E-state index is 0.265. The van der Waals surface area contributed by atoms with Gasteiger partial charge in [0.05, 0.1) is 12.7 Å². The highest BCUT2D eigenvalue weighted by Gasteiger charge is 2.27. The molecule has 84 valence electrons. The Balaban J connectivity index is 3.53. The van der Waals surface area contributed by atoms with Gasteiger partial charge in [-0.3, -0.25) is 0 Å². The Bertz CT molecular complexity index is 463. The molecule has 0 aliphatic rings. The Kier molecular flexibility index (Phi) is 3.46. The monoisotopic (exact) mass is 257 g/mol. The molecule has 0 N–H and O–H groups in total. The van der Waals surface area contributed by atoms with Gasteiger partial charge in [0, 0.05) is 16.9 Å². The number of halogens is 3. The van der Waals surface area contributed by atoms with Crippen molar-refractivity contribution in [2.75, 3.05) is 7.11 Å². The van der Waals surface area contributed by atoms with Crippen LogP contribution in [0.15, 0.2) is 17.3 Å². The van der Waals surface area contributed by atoms with Crippen LogP contribution in [-0.4, -0.2) is 20.5 Å². The van der Waals surface area contributed by atoms with E-state index in [0.717, 1.165) is 19.4 Å². The Morgan fingerprint density at radius 2 is 2.13 bits per heavy atom. The average Bonchev–Trinajstić information content (AvgIpc) is 2.15. The van der Waals surface area contributed by atoms with Crippen molar-refractivity contribution >= 4 is 19.7 Å². The normalized spacial score (nSPS) is 11.8. The Hall–Kier alpha value is -0.950. The third-order valence-corrected chi connectivity index (χ3v) is 2.81. The number of alkyl halides is 2. The molecule has 0 unspecified atom stereocenters. The fourth-order valence-electron chi connectivity index (χ4n) is 1.01. The summed E-state index contributed by atoms with van der Waals surface area (Å²) >= 11 is 0. The SMILES string of the molecule is COc1ccnc(S(=O)(=O)Cl)c1C(F)F. The molecule has 0 aliphatic carbocycles. The smallest absolute Gasteiger partial charge is 0.279 e. The van der Waals surface area contributed by atoms with Gasteiger partial charge in [-0.1, -0.05) is 0 Å². The van der Waals surface area contributed by atoms with Gasteiger partial charge in [0.15, 0.2) is 5.03 Å². The van der Waals surface area contributed by atoms with Crippen molar-refractivity contribution in [1.29, 1.82) is 0 Å². The summed E-state index contributed by atoms with van der Waals surface area (Å²) in [5.41, 5.74) is -0.824. The highest BCUT2D eigenvalue weighted by atomic mass is 35.7. The summed E-state index contributed by atoms with van der Waals surface area (Å²) in [4.78, 5) is 3.30. The van der Waals surface area contributed by atoms with Crippen LogP contribution < -0.4 is 4.74 Å². The van der Waals surface area contributed by atoms with Crippen molar-refractivity contribution in [2.45, 2.75) is 11.5 Å². The predicted octanol–water partition coefficient (Wildman–Crippen LogP) is 1.96. The van der Waals surface area contributed by atoms with Gasteiger partial charge in [-0.05, 0) is 6.07 Å². The van der Waals surface area contributed by atoms with Gasteiger partial charge < -0.3 is 4.74 Å². The summed E-state index contributed by atoms with van der Waals surface area (Å²) in [6, 6.07) is 1.13. The predicted molar refractivity (Wildman–Crippen MR) is 48.8 cm³/mol. The van der Waals surface area contributed by atoms with E-state index in [4.69, 9.17) is 10.7 Å². The molecule has 0 spiro atoms. The number of methoxy groups -OCH3 is 1. The van der Waals surface area contributed by atoms with Gasteiger partial charge in [0.2, 0.25) is 0 Å². The number of rotatable bonds is 3. The summed E-state index contributed by atoms with van der Waals surface area (Å²) in [6.07, 6.45) is -2.00. The van der Waals surface area contributed by atoms with Crippen LogP contribution in [0.3, 0.4) is 0 Å². The van der Waals surface area contributed by atoms with Crippen molar-refractivity contribution in [3.63, 3.8) is 0 Å². The lowest BCUT2D eigenvalue weighted by atomic mass is 10.2. The zero-order valence-corrected chi connectivity index (χ0v) is 9.02. The lowest BCUT2D eigenvalue weighted by Gasteiger charge is -2.09. The van der Waals surface area contributed by atoms with Gasteiger partial charge in [0.25, 0.3) is 15.5 Å². The highest BCUT2D eigenvalue weighted by molar-refractivity contribution is 8.13. The van der Waals surface area contributed by atoms with E-state index in [1.54, 1.807) is 0 Å². The maximum Gasteiger partial charge on any atom is 0.279 e. The molecular weight excluding hydrogens is 252 g/mol. The fourth-order valence-corrected chi connectivity index (χ4v) is 2.02. The van der Waals surface area contributed by atoms with Gasteiger partial charge in [0.1, 0.15) is 5.75 Å². The minimum Gasteiger partial charge on any atom is -0.496 e. The van der Waals surface area contributed by atoms with Crippen LogP contribution in [0.5, 0.6) is 5.75 Å². The zero-order chi connectivity index (χ0) is 11.6. The van der Waals surface area contributed by atoms with Crippen LogP contribution in [0, 0.1) is 0 Å². The van der Waals surface area contributed by atoms with Crippen LogP contribution in [0.4, 0.5) is 8.78 Å². The van der Waals surface area contributed by atoms with Crippen molar-refractivity contribution in [1.82, 2.24) is 4.98 Å². The number of pyridine rings is 1. The summed E-state index contributed by atoms with van der Waals surface area (Å²) in [5.74, 6) is -0.265. The molecule has 0 radical (unpaired) electrons. The number of ether oxygens (including phenoxy) is 1. The molecule has 8 heteroatoms. The van der Waals surface area contributed by atoms with Gasteiger partial charge in [-0.25, -0.2) is 22.2 Å². The van der Waals surface area contributed by atoms with Crippen molar-refractivity contribution in [3.05, 3.63) is 17.8 Å². The third kappa shape index (κ3) is 2.54. The van der Waals surface area contributed by atoms with Gasteiger partial charge in [-0.15, -0.1) is 0 Å². The minimum atomic E-state index is -4.31. The quantitative estimate of drug-likeness (QED) is 0.777. The molecule has 1 aromatic heterocycles. The second kappa shape index (κ2) is 4.28. The Morgan fingerprint density at radius 1 is 1.53 bits per heavy atom. The lowest BCUT2D eigenvalue weighted by Crippen LogP contribution is -2.04. The molecule has 0 saturated carbocycles. The molecule has 0 atom stereocenters.